The maximum atomic E-state index is 12.5. The van der Waals surface area contributed by atoms with Crippen molar-refractivity contribution in [2.45, 2.75) is 18.8 Å². The van der Waals surface area contributed by atoms with Crippen LogP contribution in [0.2, 0.25) is 0 Å². The van der Waals surface area contributed by atoms with Gasteiger partial charge in [0, 0.05) is 22.5 Å². The molecule has 0 N–H and O–H groups in total. The topological polar surface area (TPSA) is 48.3 Å². The molecule has 5 nitrogen and oxygen atoms in total. The van der Waals surface area contributed by atoms with Crippen LogP contribution >= 0.6 is 27.7 Å². The van der Waals surface area contributed by atoms with E-state index < -0.39 is 4.99 Å². The zero-order chi connectivity index (χ0) is 21.6. The molecule has 3 aromatic rings. The molecule has 2 heterocycles. The second kappa shape index (κ2) is 7.66. The van der Waals surface area contributed by atoms with Crippen LogP contribution in [0.3, 0.4) is 0 Å². The molecule has 154 valence electrons. The zero-order valence-corrected chi connectivity index (χ0v) is 19.4. The summed E-state index contributed by atoms with van der Waals surface area (Å²) < 4.78 is 0.978. The van der Waals surface area contributed by atoms with Crippen LogP contribution in [0.15, 0.2) is 93.5 Å². The quantitative estimate of drug-likeness (QED) is 0.454. The van der Waals surface area contributed by atoms with E-state index in [4.69, 9.17) is 10.2 Å². The van der Waals surface area contributed by atoms with Crippen molar-refractivity contribution in [2.24, 2.45) is 10.2 Å². The Morgan fingerprint density at radius 3 is 2.19 bits per heavy atom. The molecule has 31 heavy (non-hydrogen) atoms. The molecule has 0 amide bonds. The summed E-state index contributed by atoms with van der Waals surface area (Å²) in [4.78, 5) is 11.6. The summed E-state index contributed by atoms with van der Waals surface area (Å²) >= 11 is 4.94. The molecule has 0 aromatic heterocycles. The van der Waals surface area contributed by atoms with Crippen LogP contribution in [0.5, 0.6) is 0 Å². The normalized spacial score (nSPS) is 19.8. The largest absolute Gasteiger partial charge is 0.292 e. The highest BCUT2D eigenvalue weighted by Gasteiger charge is 2.55. The Balaban J connectivity index is 1.81. The summed E-state index contributed by atoms with van der Waals surface area (Å²) in [7, 11) is 0. The summed E-state index contributed by atoms with van der Waals surface area (Å²) in [6.07, 6.45) is 0. The van der Waals surface area contributed by atoms with Gasteiger partial charge in [0.25, 0.3) is 0 Å². The van der Waals surface area contributed by atoms with Gasteiger partial charge < -0.3 is 0 Å². The molecule has 0 saturated heterocycles. The number of carbonyl (C=O) groups excluding carboxylic acids is 1. The first kappa shape index (κ1) is 20.0. The van der Waals surface area contributed by atoms with Gasteiger partial charge in [0.1, 0.15) is 0 Å². The maximum Gasteiger partial charge on any atom is 0.234 e. The minimum Gasteiger partial charge on any atom is -0.292 e. The summed E-state index contributed by atoms with van der Waals surface area (Å²) in [6, 6.07) is 26.2. The first-order valence-electron chi connectivity index (χ1n) is 9.85. The van der Waals surface area contributed by atoms with E-state index >= 15 is 0 Å². The Morgan fingerprint density at radius 2 is 1.48 bits per heavy atom. The van der Waals surface area contributed by atoms with E-state index in [1.807, 2.05) is 83.7 Å². The van der Waals surface area contributed by atoms with Gasteiger partial charge in [-0.3, -0.25) is 4.79 Å². The number of fused-ring (bicyclic) bond motifs is 2. The standard InChI is InChI=1S/C24H19BrN4OS/c1-16-21-10-6-7-11-22(21)24(28(26-16)19-8-4-3-5-9-19)29(27-23(31-24)17(2)30)20-14-12-18(25)13-15-20/h3-15H,1-2H3/t24-/m0/s1. The zero-order valence-electron chi connectivity index (χ0n) is 17.0. The van der Waals surface area contributed by atoms with Crippen LogP contribution in [-0.4, -0.2) is 16.5 Å². The lowest BCUT2D eigenvalue weighted by molar-refractivity contribution is -0.110. The Hall–Kier alpha value is -2.90. The van der Waals surface area contributed by atoms with Crippen molar-refractivity contribution in [2.75, 3.05) is 10.0 Å². The van der Waals surface area contributed by atoms with E-state index in [2.05, 4.69) is 28.1 Å². The highest BCUT2D eigenvalue weighted by molar-refractivity contribution is 9.10. The number of ketones is 1. The van der Waals surface area contributed by atoms with Crippen molar-refractivity contribution in [3.63, 3.8) is 0 Å². The Kier molecular flexibility index (Phi) is 4.95. The fraction of sp³-hybridized carbons (Fsp3) is 0.125. The van der Waals surface area contributed by atoms with Gasteiger partial charge >= 0.3 is 0 Å². The van der Waals surface area contributed by atoms with Crippen LogP contribution in [0.25, 0.3) is 0 Å². The highest BCUT2D eigenvalue weighted by Crippen LogP contribution is 2.54. The molecule has 1 atom stereocenters. The van der Waals surface area contributed by atoms with Gasteiger partial charge in [-0.05, 0) is 55.1 Å². The molecular weight excluding hydrogens is 472 g/mol. The lowest BCUT2D eigenvalue weighted by Gasteiger charge is -2.46. The second-order valence-corrected chi connectivity index (χ2v) is 9.41. The summed E-state index contributed by atoms with van der Waals surface area (Å²) in [6.45, 7) is 3.57. The molecule has 2 aliphatic rings. The smallest absolute Gasteiger partial charge is 0.234 e. The number of Topliss-reactive ketones (excluding diaryl/α,β-unsaturated/α-hetero) is 1. The fourth-order valence-electron chi connectivity index (χ4n) is 3.89. The minimum atomic E-state index is -0.869. The molecule has 0 bridgehead atoms. The number of thioether (sulfide) groups is 1. The summed E-state index contributed by atoms with van der Waals surface area (Å²) in [5.74, 6) is -0.0687. The van der Waals surface area contributed by atoms with E-state index in [-0.39, 0.29) is 5.78 Å². The number of halogens is 1. The highest BCUT2D eigenvalue weighted by atomic mass is 79.9. The molecule has 0 unspecified atom stereocenters. The monoisotopic (exact) mass is 490 g/mol. The molecule has 0 saturated carbocycles. The van der Waals surface area contributed by atoms with E-state index in [1.165, 1.54) is 11.8 Å². The molecule has 7 heteroatoms. The van der Waals surface area contributed by atoms with E-state index in [0.717, 1.165) is 32.7 Å². The number of para-hydroxylation sites is 1. The fourth-order valence-corrected chi connectivity index (χ4v) is 5.44. The third kappa shape index (κ3) is 3.20. The van der Waals surface area contributed by atoms with Gasteiger partial charge in [-0.15, -0.1) is 0 Å². The van der Waals surface area contributed by atoms with E-state index in [1.54, 1.807) is 6.92 Å². The molecular formula is C24H19BrN4OS. The van der Waals surface area contributed by atoms with Gasteiger partial charge in [0.05, 0.1) is 17.1 Å². The Morgan fingerprint density at radius 1 is 0.871 bits per heavy atom. The predicted octanol–water partition coefficient (Wildman–Crippen LogP) is 5.96. The Labute approximate surface area is 193 Å². The van der Waals surface area contributed by atoms with Crippen LogP contribution < -0.4 is 10.0 Å². The Bertz CT molecular complexity index is 1230. The van der Waals surface area contributed by atoms with E-state index in [9.17, 15) is 4.79 Å². The maximum absolute atomic E-state index is 12.5. The first-order valence-corrected chi connectivity index (χ1v) is 11.5. The van der Waals surface area contributed by atoms with Crippen molar-refractivity contribution in [1.29, 1.82) is 0 Å². The molecule has 1 spiro atoms. The lowest BCUT2D eigenvalue weighted by Crippen LogP contribution is -2.53. The van der Waals surface area contributed by atoms with Crippen molar-refractivity contribution in [3.8, 4) is 0 Å². The van der Waals surface area contributed by atoms with Crippen molar-refractivity contribution < 1.29 is 4.79 Å². The average Bonchev–Trinajstić information content (AvgIpc) is 3.19. The molecule has 2 aliphatic heterocycles. The number of hydrogen-bond acceptors (Lipinski definition) is 6. The SMILES string of the molecule is CC(=O)C1=NN(c2ccc(Br)cc2)[C@]2(S1)c1ccccc1C(C)=NN2c1ccccc1. The number of hydrogen-bond donors (Lipinski definition) is 0. The number of rotatable bonds is 3. The van der Waals surface area contributed by atoms with Crippen LogP contribution in [0.4, 0.5) is 11.4 Å². The molecule has 5 rings (SSSR count). The number of anilines is 2. The number of carbonyl (C=O) groups is 1. The van der Waals surface area contributed by atoms with Gasteiger partial charge in [0.15, 0.2) is 10.8 Å². The van der Waals surface area contributed by atoms with Crippen LogP contribution in [0.1, 0.15) is 25.0 Å². The van der Waals surface area contributed by atoms with Crippen molar-refractivity contribution >= 4 is 55.6 Å². The van der Waals surface area contributed by atoms with Crippen molar-refractivity contribution in [3.05, 3.63) is 94.5 Å². The van der Waals surface area contributed by atoms with Gasteiger partial charge in [-0.1, -0.05) is 58.4 Å². The predicted molar refractivity (Wildman–Crippen MR) is 132 cm³/mol. The molecule has 0 fully saturated rings. The van der Waals surface area contributed by atoms with Gasteiger partial charge in [-0.25, -0.2) is 10.0 Å². The third-order valence-electron chi connectivity index (χ3n) is 5.29. The molecule has 0 aliphatic carbocycles. The first-order chi connectivity index (χ1) is 15.0. The number of hydrazone groups is 2. The average molecular weight is 491 g/mol. The van der Waals surface area contributed by atoms with E-state index in [0.29, 0.717) is 5.04 Å². The van der Waals surface area contributed by atoms with Gasteiger partial charge in [-0.2, -0.15) is 10.2 Å². The van der Waals surface area contributed by atoms with Gasteiger partial charge in [0.2, 0.25) is 4.99 Å². The molecule has 3 aromatic carbocycles. The third-order valence-corrected chi connectivity index (χ3v) is 7.24. The molecule has 0 radical (unpaired) electrons. The van der Waals surface area contributed by atoms with Crippen LogP contribution in [0, 0.1) is 0 Å². The number of benzene rings is 3. The minimum absolute atomic E-state index is 0.0687. The summed E-state index contributed by atoms with van der Waals surface area (Å²) in [5.41, 5.74) is 4.80. The summed E-state index contributed by atoms with van der Waals surface area (Å²) in [5, 5.41) is 14.2. The second-order valence-electron chi connectivity index (χ2n) is 7.34. The van der Waals surface area contributed by atoms with Crippen molar-refractivity contribution in [1.82, 2.24) is 0 Å². The van der Waals surface area contributed by atoms with Crippen LogP contribution in [-0.2, 0) is 9.79 Å². The number of nitrogens with zero attached hydrogens (tertiary/aromatic N) is 4. The lowest BCUT2D eigenvalue weighted by atomic mass is 9.98.